The van der Waals surface area contributed by atoms with Crippen LogP contribution in [0.25, 0.3) is 27.7 Å². The van der Waals surface area contributed by atoms with Gasteiger partial charge in [-0.2, -0.15) is 0 Å². The number of fused-ring (bicyclic) bond motifs is 2. The molecule has 7 heteroatoms. The lowest BCUT2D eigenvalue weighted by atomic mass is 10.1. The van der Waals surface area contributed by atoms with Gasteiger partial charge in [-0.05, 0) is 23.8 Å². The SMILES string of the molecule is c1cnc2cc(-c3ccn4nc(NC5COC5)ncc34)ccc2n1. The van der Waals surface area contributed by atoms with E-state index in [1.54, 1.807) is 12.4 Å². The maximum atomic E-state index is 5.16. The van der Waals surface area contributed by atoms with E-state index >= 15 is 0 Å². The first-order chi connectivity index (χ1) is 11.9. The smallest absolute Gasteiger partial charge is 0.241 e. The lowest BCUT2D eigenvalue weighted by Crippen LogP contribution is -2.40. The predicted molar refractivity (Wildman–Crippen MR) is 89.7 cm³/mol. The molecule has 1 saturated heterocycles. The zero-order chi connectivity index (χ0) is 15.9. The average Bonchev–Trinajstić information content (AvgIpc) is 3.01. The molecule has 0 spiro atoms. The van der Waals surface area contributed by atoms with Crippen molar-refractivity contribution in [2.75, 3.05) is 18.5 Å². The molecule has 0 bridgehead atoms. The van der Waals surface area contributed by atoms with Crippen LogP contribution in [0.15, 0.2) is 49.1 Å². The molecule has 4 aromatic rings. The second kappa shape index (κ2) is 5.24. The van der Waals surface area contributed by atoms with Gasteiger partial charge < -0.3 is 10.1 Å². The third kappa shape index (κ3) is 2.17. The molecule has 0 amide bonds. The predicted octanol–water partition coefficient (Wildman–Crippen LogP) is 2.15. The number of aromatic nitrogens is 5. The van der Waals surface area contributed by atoms with Crippen LogP contribution in [-0.4, -0.2) is 43.8 Å². The van der Waals surface area contributed by atoms with Gasteiger partial charge >= 0.3 is 0 Å². The summed E-state index contributed by atoms with van der Waals surface area (Å²) in [4.78, 5) is 13.1. The number of nitrogens with one attached hydrogen (secondary N) is 1. The van der Waals surface area contributed by atoms with Crippen LogP contribution in [0, 0.1) is 0 Å². The van der Waals surface area contributed by atoms with E-state index in [0.29, 0.717) is 25.2 Å². The molecule has 0 saturated carbocycles. The molecular weight excluding hydrogens is 304 g/mol. The molecule has 0 atom stereocenters. The molecule has 3 aromatic heterocycles. The van der Waals surface area contributed by atoms with Crippen LogP contribution in [0.3, 0.4) is 0 Å². The van der Waals surface area contributed by atoms with Gasteiger partial charge in [0, 0.05) is 24.2 Å². The zero-order valence-electron chi connectivity index (χ0n) is 12.8. The van der Waals surface area contributed by atoms with Gasteiger partial charge in [-0.15, -0.1) is 5.10 Å². The van der Waals surface area contributed by atoms with Crippen molar-refractivity contribution in [3.63, 3.8) is 0 Å². The highest BCUT2D eigenvalue weighted by molar-refractivity contribution is 5.86. The summed E-state index contributed by atoms with van der Waals surface area (Å²) < 4.78 is 6.99. The first-order valence-corrected chi connectivity index (χ1v) is 7.77. The third-order valence-electron chi connectivity index (χ3n) is 4.17. The first-order valence-electron chi connectivity index (χ1n) is 7.77. The summed E-state index contributed by atoms with van der Waals surface area (Å²) in [6.45, 7) is 1.41. The first kappa shape index (κ1) is 13.4. The molecule has 1 fully saturated rings. The van der Waals surface area contributed by atoms with Crippen LogP contribution in [0.4, 0.5) is 5.95 Å². The minimum Gasteiger partial charge on any atom is -0.377 e. The quantitative estimate of drug-likeness (QED) is 0.624. The largest absolute Gasteiger partial charge is 0.377 e. The Morgan fingerprint density at radius 3 is 2.75 bits per heavy atom. The molecule has 0 radical (unpaired) electrons. The topological polar surface area (TPSA) is 77.2 Å². The average molecular weight is 318 g/mol. The summed E-state index contributed by atoms with van der Waals surface area (Å²) in [5.74, 6) is 0.613. The maximum Gasteiger partial charge on any atom is 0.241 e. The Kier molecular flexibility index (Phi) is 2.92. The van der Waals surface area contributed by atoms with Crippen molar-refractivity contribution in [3.05, 3.63) is 49.1 Å². The highest BCUT2D eigenvalue weighted by Gasteiger charge is 2.19. The Morgan fingerprint density at radius 1 is 1.04 bits per heavy atom. The van der Waals surface area contributed by atoms with Crippen molar-refractivity contribution in [1.29, 1.82) is 0 Å². The standard InChI is InChI=1S/C17H14N6O/c1-2-14-15(19-5-4-18-14)7-11(1)13-3-6-23-16(13)8-20-17(22-23)21-12-9-24-10-12/h1-8,12H,9-10H2,(H,21,22). The van der Waals surface area contributed by atoms with Gasteiger partial charge in [-0.1, -0.05) is 6.07 Å². The number of anilines is 1. The molecule has 5 rings (SSSR count). The number of nitrogens with zero attached hydrogens (tertiary/aromatic N) is 5. The summed E-state index contributed by atoms with van der Waals surface area (Å²) in [7, 11) is 0. The van der Waals surface area contributed by atoms with Crippen LogP contribution in [0.2, 0.25) is 0 Å². The minimum atomic E-state index is 0.302. The lowest BCUT2D eigenvalue weighted by Gasteiger charge is -2.26. The van der Waals surface area contributed by atoms with Crippen molar-refractivity contribution < 1.29 is 4.74 Å². The van der Waals surface area contributed by atoms with Gasteiger partial charge in [0.25, 0.3) is 0 Å². The molecule has 0 unspecified atom stereocenters. The van der Waals surface area contributed by atoms with Crippen LogP contribution in [0.5, 0.6) is 0 Å². The lowest BCUT2D eigenvalue weighted by molar-refractivity contribution is 0.0207. The zero-order valence-corrected chi connectivity index (χ0v) is 12.8. The Balaban J connectivity index is 1.55. The van der Waals surface area contributed by atoms with E-state index in [9.17, 15) is 0 Å². The number of benzene rings is 1. The summed E-state index contributed by atoms with van der Waals surface area (Å²) in [5, 5.41) is 7.77. The Labute approximate surface area is 137 Å². The molecular formula is C17H14N6O. The molecule has 0 aliphatic carbocycles. The fourth-order valence-corrected chi connectivity index (χ4v) is 2.84. The van der Waals surface area contributed by atoms with Crippen LogP contribution in [0.1, 0.15) is 0 Å². The van der Waals surface area contributed by atoms with Crippen molar-refractivity contribution >= 4 is 22.5 Å². The minimum absolute atomic E-state index is 0.302. The molecule has 7 nitrogen and oxygen atoms in total. The third-order valence-corrected chi connectivity index (χ3v) is 4.17. The molecule has 1 N–H and O–H groups in total. The van der Waals surface area contributed by atoms with Gasteiger partial charge in [0.05, 0.1) is 42.0 Å². The van der Waals surface area contributed by atoms with Gasteiger partial charge in [0.2, 0.25) is 5.95 Å². The van der Waals surface area contributed by atoms with Crippen molar-refractivity contribution in [3.8, 4) is 11.1 Å². The van der Waals surface area contributed by atoms with Gasteiger partial charge in [-0.25, -0.2) is 9.50 Å². The molecule has 24 heavy (non-hydrogen) atoms. The second-order valence-corrected chi connectivity index (χ2v) is 5.78. The van der Waals surface area contributed by atoms with Crippen LogP contribution >= 0.6 is 0 Å². The van der Waals surface area contributed by atoms with Crippen LogP contribution in [-0.2, 0) is 4.74 Å². The van der Waals surface area contributed by atoms with E-state index in [2.05, 4.69) is 25.4 Å². The Hall–Kier alpha value is -3.06. The Morgan fingerprint density at radius 2 is 1.92 bits per heavy atom. The van der Waals surface area contributed by atoms with E-state index in [-0.39, 0.29) is 0 Å². The number of rotatable bonds is 3. The van der Waals surface area contributed by atoms with E-state index < -0.39 is 0 Å². The van der Waals surface area contributed by atoms with Gasteiger partial charge in [-0.3, -0.25) is 9.97 Å². The van der Waals surface area contributed by atoms with Crippen LogP contribution < -0.4 is 5.32 Å². The fourth-order valence-electron chi connectivity index (χ4n) is 2.84. The monoisotopic (exact) mass is 318 g/mol. The number of hydrogen-bond donors (Lipinski definition) is 1. The Bertz CT molecular complexity index is 1040. The van der Waals surface area contributed by atoms with E-state index in [1.807, 2.05) is 41.2 Å². The normalized spacial score (nSPS) is 14.8. The molecule has 4 heterocycles. The molecule has 118 valence electrons. The van der Waals surface area contributed by atoms with E-state index in [1.165, 1.54) is 0 Å². The fraction of sp³-hybridized carbons (Fsp3) is 0.176. The van der Waals surface area contributed by atoms with Crippen molar-refractivity contribution in [2.24, 2.45) is 0 Å². The summed E-state index contributed by atoms with van der Waals surface area (Å²) >= 11 is 0. The second-order valence-electron chi connectivity index (χ2n) is 5.78. The van der Waals surface area contributed by atoms with E-state index in [4.69, 9.17) is 4.74 Å². The maximum absolute atomic E-state index is 5.16. The van der Waals surface area contributed by atoms with Crippen molar-refractivity contribution in [2.45, 2.75) is 6.04 Å². The van der Waals surface area contributed by atoms with Gasteiger partial charge in [0.1, 0.15) is 0 Å². The molecule has 1 aromatic carbocycles. The summed E-state index contributed by atoms with van der Waals surface area (Å²) in [6, 6.07) is 8.41. The van der Waals surface area contributed by atoms with Gasteiger partial charge in [0.15, 0.2) is 0 Å². The highest BCUT2D eigenvalue weighted by atomic mass is 16.5. The summed E-state index contributed by atoms with van der Waals surface area (Å²) in [5.41, 5.74) is 4.85. The molecule has 1 aliphatic rings. The molecule has 1 aliphatic heterocycles. The van der Waals surface area contributed by atoms with E-state index in [0.717, 1.165) is 27.7 Å². The highest BCUT2D eigenvalue weighted by Crippen LogP contribution is 2.27. The van der Waals surface area contributed by atoms with Crippen molar-refractivity contribution in [1.82, 2.24) is 24.6 Å². The number of ether oxygens (including phenoxy) is 1. The number of hydrogen-bond acceptors (Lipinski definition) is 6. The summed E-state index contributed by atoms with van der Waals surface area (Å²) in [6.07, 6.45) is 7.18.